The van der Waals surface area contributed by atoms with Crippen LogP contribution < -0.4 is 0 Å². The Balaban J connectivity index is 0.000000221. The van der Waals surface area contributed by atoms with E-state index in [2.05, 4.69) is 4.99 Å². The Kier molecular flexibility index (Phi) is 5.00. The van der Waals surface area contributed by atoms with Crippen LogP contribution >= 0.6 is 11.6 Å². The number of fused-ring (bicyclic) bond motifs is 1. The summed E-state index contributed by atoms with van der Waals surface area (Å²) in [5, 5.41) is 0.561. The number of amidine groups is 1. The van der Waals surface area contributed by atoms with Gasteiger partial charge < -0.3 is 4.90 Å². The van der Waals surface area contributed by atoms with Crippen LogP contribution in [0.15, 0.2) is 41.1 Å². The molecule has 1 aliphatic carbocycles. The average molecular weight is 331 g/mol. The molecule has 1 atom stereocenters. The summed E-state index contributed by atoms with van der Waals surface area (Å²) < 4.78 is 57.5. The number of aliphatic imine (C=N–C) groups is 1. The van der Waals surface area contributed by atoms with E-state index in [1.54, 1.807) is 0 Å². The second-order valence-corrected chi connectivity index (χ2v) is 5.44. The van der Waals surface area contributed by atoms with Gasteiger partial charge in [-0.25, -0.2) is 4.99 Å². The van der Waals surface area contributed by atoms with Crippen molar-refractivity contribution in [1.29, 1.82) is 0 Å². The molecule has 0 aromatic heterocycles. The van der Waals surface area contributed by atoms with Crippen LogP contribution in [0, 0.1) is 0 Å². The van der Waals surface area contributed by atoms with Crippen LogP contribution in [0.5, 0.6) is 0 Å². The molecule has 0 bridgehead atoms. The molecule has 0 spiro atoms. The summed E-state index contributed by atoms with van der Waals surface area (Å²) >= 11 is 5.87. The van der Waals surface area contributed by atoms with E-state index < -0.39 is 15.6 Å². The lowest BCUT2D eigenvalue weighted by Crippen LogP contribution is -2.21. The Hall–Kier alpha value is -1.32. The summed E-state index contributed by atoms with van der Waals surface area (Å²) in [7, 11) is -3.92. The quantitative estimate of drug-likeness (QED) is 0.420. The zero-order valence-corrected chi connectivity index (χ0v) is 11.6. The molecule has 2 aliphatic rings. The maximum Gasteiger partial charge on any atom is 0.522 e. The highest BCUT2D eigenvalue weighted by molar-refractivity contribution is 7.86. The van der Waals surface area contributed by atoms with E-state index in [4.69, 9.17) is 24.6 Å². The van der Waals surface area contributed by atoms with Crippen molar-refractivity contribution < 1.29 is 26.1 Å². The van der Waals surface area contributed by atoms with E-state index in [1.807, 2.05) is 42.3 Å². The van der Waals surface area contributed by atoms with Crippen LogP contribution in [0.4, 0.5) is 13.2 Å². The maximum absolute atomic E-state index is 10.7. The molecule has 10 heteroatoms. The van der Waals surface area contributed by atoms with Gasteiger partial charge in [0.15, 0.2) is 5.29 Å². The van der Waals surface area contributed by atoms with Gasteiger partial charge in [0.05, 0.1) is 0 Å². The van der Waals surface area contributed by atoms with E-state index in [-0.39, 0.29) is 6.04 Å². The fourth-order valence-electron chi connectivity index (χ4n) is 1.31. The van der Waals surface area contributed by atoms with E-state index in [0.29, 0.717) is 5.29 Å². The van der Waals surface area contributed by atoms with Gasteiger partial charge in [0.2, 0.25) is 0 Å². The SMILES string of the molecule is CN1C2=CC=CC=CC2N=C1Cl.O=S(=O)(O)C(F)(F)F. The Labute approximate surface area is 118 Å². The number of rotatable bonds is 0. The average Bonchev–Trinajstić information content (AvgIpc) is 2.50. The van der Waals surface area contributed by atoms with Crippen molar-refractivity contribution in [2.24, 2.45) is 4.99 Å². The number of nitrogens with zero attached hydrogens (tertiary/aromatic N) is 2. The first-order valence-corrected chi connectivity index (χ1v) is 6.91. The minimum atomic E-state index is -5.84. The largest absolute Gasteiger partial charge is 0.522 e. The molecule has 0 amide bonds. The van der Waals surface area contributed by atoms with E-state index >= 15 is 0 Å². The lowest BCUT2D eigenvalue weighted by molar-refractivity contribution is -0.0510. The normalized spacial score (nSPS) is 21.5. The summed E-state index contributed by atoms with van der Waals surface area (Å²) in [6.45, 7) is 0. The molecule has 0 radical (unpaired) electrons. The van der Waals surface area contributed by atoms with Crippen molar-refractivity contribution in [3.63, 3.8) is 0 Å². The molecule has 1 aliphatic heterocycles. The van der Waals surface area contributed by atoms with Crippen LogP contribution in [0.3, 0.4) is 0 Å². The zero-order chi connectivity index (χ0) is 15.6. The van der Waals surface area contributed by atoms with Crippen molar-refractivity contribution >= 4 is 27.0 Å². The molecule has 5 nitrogen and oxygen atoms in total. The minimum absolute atomic E-state index is 0.109. The van der Waals surface area contributed by atoms with Crippen molar-refractivity contribution in [2.45, 2.75) is 11.6 Å². The number of allylic oxidation sites excluding steroid dienone is 4. The van der Waals surface area contributed by atoms with Crippen LogP contribution in [0.25, 0.3) is 0 Å². The maximum atomic E-state index is 10.7. The molecule has 112 valence electrons. The fourth-order valence-corrected chi connectivity index (χ4v) is 1.51. The predicted molar refractivity (Wildman–Crippen MR) is 68.8 cm³/mol. The standard InChI is InChI=1S/C9H9ClN2.CHF3O3S/c1-12-8-6-4-2-3-5-7(8)11-9(12)10;2-1(3,4)8(5,6)7/h2-7H,1H3;(H,5,6,7). The highest BCUT2D eigenvalue weighted by Gasteiger charge is 2.44. The second kappa shape index (κ2) is 5.98. The van der Waals surface area contributed by atoms with Gasteiger partial charge in [-0.2, -0.15) is 21.6 Å². The lowest BCUT2D eigenvalue weighted by atomic mass is 10.2. The Morgan fingerprint density at radius 1 is 1.35 bits per heavy atom. The Morgan fingerprint density at radius 2 is 1.90 bits per heavy atom. The number of alkyl halides is 3. The molecule has 1 N–H and O–H groups in total. The number of halogens is 4. The zero-order valence-electron chi connectivity index (χ0n) is 10.0. The first-order valence-electron chi connectivity index (χ1n) is 5.10. The Morgan fingerprint density at radius 3 is 2.40 bits per heavy atom. The summed E-state index contributed by atoms with van der Waals surface area (Å²) in [6.07, 6.45) is 10.0. The molecular weight excluding hydrogens is 321 g/mol. The van der Waals surface area contributed by atoms with Crippen molar-refractivity contribution in [1.82, 2.24) is 4.90 Å². The highest BCUT2D eigenvalue weighted by Crippen LogP contribution is 2.24. The summed E-state index contributed by atoms with van der Waals surface area (Å²) in [5.74, 6) is 0. The van der Waals surface area contributed by atoms with Gasteiger partial charge in [-0.05, 0) is 17.7 Å². The first-order chi connectivity index (χ1) is 9.04. The highest BCUT2D eigenvalue weighted by atomic mass is 35.5. The van der Waals surface area contributed by atoms with Gasteiger partial charge in [0.1, 0.15) is 6.04 Å². The Bertz CT molecular complexity index is 593. The molecule has 0 aromatic rings. The monoisotopic (exact) mass is 330 g/mol. The van der Waals surface area contributed by atoms with Crippen molar-refractivity contribution in [3.8, 4) is 0 Å². The third-order valence-electron chi connectivity index (χ3n) is 2.29. The van der Waals surface area contributed by atoms with Crippen LogP contribution in [0.2, 0.25) is 0 Å². The van der Waals surface area contributed by atoms with E-state index in [9.17, 15) is 13.2 Å². The minimum Gasteiger partial charge on any atom is -0.321 e. The molecule has 1 unspecified atom stereocenters. The molecule has 1 heterocycles. The molecule has 20 heavy (non-hydrogen) atoms. The fraction of sp³-hybridized carbons (Fsp3) is 0.300. The molecular formula is C10H10ClF3N2O3S. The molecule has 2 rings (SSSR count). The molecule has 0 aromatic carbocycles. The summed E-state index contributed by atoms with van der Waals surface area (Å²) in [6, 6.07) is 0.109. The third-order valence-corrected chi connectivity index (χ3v) is 3.22. The van der Waals surface area contributed by atoms with E-state index in [0.717, 1.165) is 5.70 Å². The van der Waals surface area contributed by atoms with Gasteiger partial charge in [-0.1, -0.05) is 24.3 Å². The van der Waals surface area contributed by atoms with Gasteiger partial charge in [-0.15, -0.1) is 0 Å². The summed E-state index contributed by atoms with van der Waals surface area (Å²) in [4.78, 5) is 6.16. The number of hydrogen-bond acceptors (Lipinski definition) is 4. The van der Waals surface area contributed by atoms with E-state index in [1.165, 1.54) is 0 Å². The van der Waals surface area contributed by atoms with Gasteiger partial charge >= 0.3 is 15.6 Å². The van der Waals surface area contributed by atoms with Crippen LogP contribution in [-0.2, 0) is 10.1 Å². The molecule has 0 saturated carbocycles. The van der Waals surface area contributed by atoms with Crippen molar-refractivity contribution in [3.05, 3.63) is 36.1 Å². The van der Waals surface area contributed by atoms with Gasteiger partial charge in [-0.3, -0.25) is 4.55 Å². The predicted octanol–water partition coefficient (Wildman–Crippen LogP) is 2.30. The lowest BCUT2D eigenvalue weighted by Gasteiger charge is -2.13. The molecule has 0 saturated heterocycles. The van der Waals surface area contributed by atoms with Gasteiger partial charge in [0.25, 0.3) is 0 Å². The van der Waals surface area contributed by atoms with Crippen LogP contribution in [-0.4, -0.2) is 41.8 Å². The number of likely N-dealkylation sites (N-methyl/N-ethyl adjacent to an activating group) is 1. The second-order valence-electron chi connectivity index (χ2n) is 3.68. The van der Waals surface area contributed by atoms with Crippen molar-refractivity contribution in [2.75, 3.05) is 7.05 Å². The van der Waals surface area contributed by atoms with Gasteiger partial charge in [0, 0.05) is 12.7 Å². The third kappa shape index (κ3) is 4.09. The molecule has 0 fully saturated rings. The topological polar surface area (TPSA) is 70.0 Å². The summed E-state index contributed by atoms with van der Waals surface area (Å²) in [5.41, 5.74) is -4.41. The first kappa shape index (κ1) is 16.7. The smallest absolute Gasteiger partial charge is 0.321 e. The number of hydrogen-bond donors (Lipinski definition) is 1. The van der Waals surface area contributed by atoms with Crippen LogP contribution in [0.1, 0.15) is 0 Å².